The Morgan fingerprint density at radius 3 is 2.68 bits per heavy atom. The van der Waals surface area contributed by atoms with Crippen LogP contribution in [0.2, 0.25) is 25.7 Å². The maximum absolute atomic E-state index is 13.0. The van der Waals surface area contributed by atoms with E-state index in [1.54, 1.807) is 0 Å². The lowest BCUT2D eigenvalue weighted by molar-refractivity contribution is -0.134. The van der Waals surface area contributed by atoms with Crippen LogP contribution in [0.15, 0.2) is 36.4 Å². The highest BCUT2D eigenvalue weighted by atomic mass is 127. The minimum atomic E-state index is -1.12. The van der Waals surface area contributed by atoms with Crippen LogP contribution in [0.3, 0.4) is 0 Å². The fraction of sp³-hybridized carbons (Fsp3) is 0.435. The number of benzene rings is 1. The molecule has 0 aliphatic carbocycles. The van der Waals surface area contributed by atoms with Crippen LogP contribution in [0.5, 0.6) is 0 Å². The largest absolute Gasteiger partial charge is 0.360 e. The number of pyridine rings is 1. The number of carbonyl (C=O) groups excluding carboxylic acids is 1. The third kappa shape index (κ3) is 5.01. The summed E-state index contributed by atoms with van der Waals surface area (Å²) < 4.78 is 8.65. The molecule has 3 aromatic rings. The molecule has 0 saturated heterocycles. The van der Waals surface area contributed by atoms with Gasteiger partial charge in [-0.1, -0.05) is 50.0 Å². The van der Waals surface area contributed by atoms with Gasteiger partial charge in [-0.2, -0.15) is 5.10 Å². The number of hydrogen-bond acceptors (Lipinski definition) is 4. The second-order valence-corrected chi connectivity index (χ2v) is 16.0. The summed E-state index contributed by atoms with van der Waals surface area (Å²) in [6, 6.07) is 13.4. The van der Waals surface area contributed by atoms with Crippen LogP contribution in [-0.4, -0.2) is 40.3 Å². The second-order valence-electron chi connectivity index (χ2n) is 9.39. The van der Waals surface area contributed by atoms with E-state index in [1.807, 2.05) is 27.8 Å². The van der Waals surface area contributed by atoms with E-state index in [-0.39, 0.29) is 11.9 Å². The number of nitrogens with zero attached hydrogens (tertiary/aromatic N) is 4. The van der Waals surface area contributed by atoms with E-state index < -0.39 is 8.07 Å². The predicted octanol–water partition coefficient (Wildman–Crippen LogP) is 4.99. The molecule has 1 amide bonds. The van der Waals surface area contributed by atoms with Gasteiger partial charge in [-0.05, 0) is 52.8 Å². The lowest BCUT2D eigenvalue weighted by Gasteiger charge is -2.33. The van der Waals surface area contributed by atoms with Crippen molar-refractivity contribution in [2.45, 2.75) is 58.3 Å². The van der Waals surface area contributed by atoms with E-state index >= 15 is 0 Å². The first-order valence-corrected chi connectivity index (χ1v) is 15.5. The standard InChI is InChI=1S/C23H29IN4O2Si/c1-16(17-8-6-5-7-9-17)27-14-19-18(13-21(27)29)12-20-22(25-19)23(24)26-28(20)15-30-10-11-31(2,3)4/h5-9,12,16H,10-11,13-15H2,1-4H3/t16-/m1/s1. The molecular formula is C23H29IN4O2Si. The Labute approximate surface area is 198 Å². The molecule has 8 heteroatoms. The van der Waals surface area contributed by atoms with Crippen molar-refractivity contribution < 1.29 is 9.53 Å². The van der Waals surface area contributed by atoms with Crippen molar-refractivity contribution in [1.82, 2.24) is 19.7 Å². The van der Waals surface area contributed by atoms with Crippen molar-refractivity contribution in [3.63, 3.8) is 0 Å². The van der Waals surface area contributed by atoms with Crippen LogP contribution < -0.4 is 0 Å². The lowest BCUT2D eigenvalue weighted by atomic mass is 9.99. The van der Waals surface area contributed by atoms with Crippen molar-refractivity contribution >= 4 is 47.6 Å². The summed E-state index contributed by atoms with van der Waals surface area (Å²) in [7, 11) is -1.12. The first kappa shape index (κ1) is 22.4. The molecule has 31 heavy (non-hydrogen) atoms. The highest BCUT2D eigenvalue weighted by Gasteiger charge is 2.29. The molecule has 2 aromatic heterocycles. The summed E-state index contributed by atoms with van der Waals surface area (Å²) in [5, 5.41) is 4.64. The number of halogens is 1. The van der Waals surface area contributed by atoms with E-state index in [0.29, 0.717) is 19.7 Å². The third-order valence-electron chi connectivity index (χ3n) is 5.79. The molecule has 1 atom stereocenters. The minimum absolute atomic E-state index is 0.0147. The van der Waals surface area contributed by atoms with Gasteiger partial charge in [0.15, 0.2) is 0 Å². The van der Waals surface area contributed by atoms with Crippen molar-refractivity contribution in [3.05, 3.63) is 56.9 Å². The van der Waals surface area contributed by atoms with E-state index in [0.717, 1.165) is 44.2 Å². The molecule has 0 radical (unpaired) electrons. The van der Waals surface area contributed by atoms with Gasteiger partial charge >= 0.3 is 0 Å². The monoisotopic (exact) mass is 548 g/mol. The van der Waals surface area contributed by atoms with Gasteiger partial charge in [0.05, 0.1) is 30.2 Å². The van der Waals surface area contributed by atoms with Crippen molar-refractivity contribution in [2.75, 3.05) is 6.61 Å². The summed E-state index contributed by atoms with van der Waals surface area (Å²) in [4.78, 5) is 19.8. The van der Waals surface area contributed by atoms with Gasteiger partial charge in [0.25, 0.3) is 0 Å². The first-order chi connectivity index (χ1) is 14.7. The molecule has 0 spiro atoms. The quantitative estimate of drug-likeness (QED) is 0.237. The van der Waals surface area contributed by atoms with E-state index in [9.17, 15) is 4.79 Å². The number of ether oxygens (including phenoxy) is 1. The summed E-state index contributed by atoms with van der Waals surface area (Å²) in [5.41, 5.74) is 4.92. The van der Waals surface area contributed by atoms with Crippen molar-refractivity contribution in [1.29, 1.82) is 0 Å². The Kier molecular flexibility index (Phi) is 6.50. The number of hydrogen-bond donors (Lipinski definition) is 0. The van der Waals surface area contributed by atoms with Crippen LogP contribution in [0.4, 0.5) is 0 Å². The van der Waals surface area contributed by atoms with Crippen LogP contribution in [0, 0.1) is 3.70 Å². The number of fused-ring (bicyclic) bond motifs is 2. The number of rotatable bonds is 7. The Bertz CT molecular complexity index is 1090. The summed E-state index contributed by atoms with van der Waals surface area (Å²) >= 11 is 2.24. The van der Waals surface area contributed by atoms with Crippen molar-refractivity contribution in [2.24, 2.45) is 0 Å². The van der Waals surface area contributed by atoms with Crippen LogP contribution in [0.25, 0.3) is 11.0 Å². The highest BCUT2D eigenvalue weighted by Crippen LogP contribution is 2.30. The maximum atomic E-state index is 13.0. The Morgan fingerprint density at radius 2 is 1.97 bits per heavy atom. The molecular weight excluding hydrogens is 519 g/mol. The van der Waals surface area contributed by atoms with Gasteiger partial charge < -0.3 is 9.64 Å². The predicted molar refractivity (Wildman–Crippen MR) is 133 cm³/mol. The third-order valence-corrected chi connectivity index (χ3v) is 8.23. The topological polar surface area (TPSA) is 60.3 Å². The SMILES string of the molecule is C[C@H](c1ccccc1)N1Cc2nc3c(I)nn(COCC[Si](C)(C)C)c3cc2CC1=O. The van der Waals surface area contributed by atoms with Crippen LogP contribution >= 0.6 is 22.6 Å². The zero-order valence-electron chi connectivity index (χ0n) is 18.6. The molecule has 3 heterocycles. The van der Waals surface area contributed by atoms with E-state index in [1.165, 1.54) is 0 Å². The van der Waals surface area contributed by atoms with Gasteiger partial charge in [-0.25, -0.2) is 9.67 Å². The zero-order valence-corrected chi connectivity index (χ0v) is 21.7. The summed E-state index contributed by atoms with van der Waals surface area (Å²) in [5.74, 6) is 0.136. The second kappa shape index (κ2) is 8.99. The summed E-state index contributed by atoms with van der Waals surface area (Å²) in [6.07, 6.45) is 0.369. The number of aromatic nitrogens is 3. The van der Waals surface area contributed by atoms with E-state index in [4.69, 9.17) is 9.72 Å². The first-order valence-electron chi connectivity index (χ1n) is 10.7. The van der Waals surface area contributed by atoms with Crippen molar-refractivity contribution in [3.8, 4) is 0 Å². The molecule has 0 fully saturated rings. The Morgan fingerprint density at radius 1 is 1.23 bits per heavy atom. The molecule has 0 N–H and O–H groups in total. The molecule has 0 saturated carbocycles. The maximum Gasteiger partial charge on any atom is 0.227 e. The van der Waals surface area contributed by atoms with Gasteiger partial charge in [-0.3, -0.25) is 4.79 Å². The molecule has 1 aromatic carbocycles. The number of amides is 1. The fourth-order valence-electron chi connectivity index (χ4n) is 3.83. The van der Waals surface area contributed by atoms with Gasteiger partial charge in [0, 0.05) is 14.7 Å². The van der Waals surface area contributed by atoms with Crippen LogP contribution in [0.1, 0.15) is 29.8 Å². The van der Waals surface area contributed by atoms with Gasteiger partial charge in [0.2, 0.25) is 5.91 Å². The van der Waals surface area contributed by atoms with Gasteiger partial charge in [0.1, 0.15) is 15.9 Å². The van der Waals surface area contributed by atoms with Gasteiger partial charge in [-0.15, -0.1) is 0 Å². The lowest BCUT2D eigenvalue weighted by Crippen LogP contribution is -2.38. The minimum Gasteiger partial charge on any atom is -0.360 e. The average Bonchev–Trinajstić information content (AvgIpc) is 3.03. The molecule has 4 rings (SSSR count). The number of carbonyl (C=O) groups is 1. The Hall–Kier alpha value is -1.78. The normalized spacial score (nSPS) is 15.4. The molecule has 1 aliphatic heterocycles. The molecule has 0 unspecified atom stereocenters. The molecule has 1 aliphatic rings. The molecule has 0 bridgehead atoms. The smallest absolute Gasteiger partial charge is 0.227 e. The van der Waals surface area contributed by atoms with Crippen LogP contribution in [-0.2, 0) is 29.2 Å². The summed E-state index contributed by atoms with van der Waals surface area (Å²) in [6.45, 7) is 10.8. The highest BCUT2D eigenvalue weighted by molar-refractivity contribution is 14.1. The molecule has 6 nitrogen and oxygen atoms in total. The fourth-order valence-corrected chi connectivity index (χ4v) is 5.25. The molecule has 164 valence electrons. The van der Waals surface area contributed by atoms with E-state index in [2.05, 4.69) is 72.5 Å². The zero-order chi connectivity index (χ0) is 22.2. The Balaban J connectivity index is 1.56. The average molecular weight is 549 g/mol.